The van der Waals surface area contributed by atoms with Crippen molar-refractivity contribution in [1.29, 1.82) is 0 Å². The summed E-state index contributed by atoms with van der Waals surface area (Å²) in [6.07, 6.45) is 7.47. The van der Waals surface area contributed by atoms with Crippen LogP contribution < -0.4 is 5.32 Å². The SMILES string of the molecule is CC(C)Nc1cncc(-c2ccc3cnc(CC(=O)C4CCN(C(C)C)CC4)cc3n2)n1. The standard InChI is InChI=1S/C25H32N6O/c1-16(2)28-25-15-26-14-23(30-25)21-6-5-19-13-27-20(11-22(19)29-21)12-24(32)18-7-9-31(10-8-18)17(3)4/h5-6,11,13-18H,7-10,12H2,1-4H3,(H,28,30). The summed E-state index contributed by atoms with van der Waals surface area (Å²) in [4.78, 5) is 33.6. The van der Waals surface area contributed by atoms with E-state index in [2.05, 4.69) is 52.9 Å². The number of nitrogens with one attached hydrogen (secondary N) is 1. The molecule has 32 heavy (non-hydrogen) atoms. The summed E-state index contributed by atoms with van der Waals surface area (Å²) < 4.78 is 0. The Kier molecular flexibility index (Phi) is 6.74. The number of aromatic nitrogens is 4. The number of carbonyl (C=O) groups excluding carboxylic acids is 1. The molecule has 3 aromatic rings. The first-order valence-electron chi connectivity index (χ1n) is 11.5. The van der Waals surface area contributed by atoms with Gasteiger partial charge in [0.2, 0.25) is 0 Å². The van der Waals surface area contributed by atoms with E-state index in [4.69, 9.17) is 4.98 Å². The summed E-state index contributed by atoms with van der Waals surface area (Å²) in [5.41, 5.74) is 3.06. The molecule has 4 heterocycles. The van der Waals surface area contributed by atoms with Crippen molar-refractivity contribution < 1.29 is 4.79 Å². The van der Waals surface area contributed by atoms with E-state index in [0.717, 1.165) is 54.0 Å². The number of hydrogen-bond donors (Lipinski definition) is 1. The van der Waals surface area contributed by atoms with Gasteiger partial charge in [-0.2, -0.15) is 0 Å². The molecule has 3 aromatic heterocycles. The second-order valence-corrected chi connectivity index (χ2v) is 9.20. The van der Waals surface area contributed by atoms with Crippen LogP contribution in [0, 0.1) is 5.92 Å². The zero-order valence-corrected chi connectivity index (χ0v) is 19.4. The van der Waals surface area contributed by atoms with Crippen molar-refractivity contribution >= 4 is 22.5 Å². The maximum absolute atomic E-state index is 12.9. The number of pyridine rings is 2. The van der Waals surface area contributed by atoms with Gasteiger partial charge in [0.25, 0.3) is 0 Å². The highest BCUT2D eigenvalue weighted by atomic mass is 16.1. The molecule has 0 bridgehead atoms. The van der Waals surface area contributed by atoms with Gasteiger partial charge >= 0.3 is 0 Å². The quantitative estimate of drug-likeness (QED) is 0.601. The summed E-state index contributed by atoms with van der Waals surface area (Å²) in [7, 11) is 0. The zero-order chi connectivity index (χ0) is 22.7. The number of Topliss-reactive ketones (excluding diaryl/α,β-unsaturated/α-hetero) is 1. The highest BCUT2D eigenvalue weighted by molar-refractivity contribution is 5.85. The molecular weight excluding hydrogens is 400 g/mol. The van der Waals surface area contributed by atoms with Crippen LogP contribution in [0.2, 0.25) is 0 Å². The van der Waals surface area contributed by atoms with E-state index in [1.165, 1.54) is 0 Å². The van der Waals surface area contributed by atoms with Gasteiger partial charge in [-0.1, -0.05) is 0 Å². The third-order valence-corrected chi connectivity index (χ3v) is 6.03. The molecule has 1 N–H and O–H groups in total. The fourth-order valence-electron chi connectivity index (χ4n) is 4.21. The number of fused-ring (bicyclic) bond motifs is 1. The highest BCUT2D eigenvalue weighted by Gasteiger charge is 2.26. The first-order valence-corrected chi connectivity index (χ1v) is 11.5. The fraction of sp³-hybridized carbons (Fsp3) is 0.480. The molecule has 0 saturated carbocycles. The molecule has 0 radical (unpaired) electrons. The summed E-state index contributed by atoms with van der Waals surface area (Å²) in [6.45, 7) is 10.5. The zero-order valence-electron chi connectivity index (χ0n) is 19.4. The Morgan fingerprint density at radius 3 is 2.56 bits per heavy atom. The van der Waals surface area contributed by atoms with Gasteiger partial charge in [0.1, 0.15) is 17.3 Å². The molecule has 7 nitrogen and oxygen atoms in total. The summed E-state index contributed by atoms with van der Waals surface area (Å²) in [5, 5.41) is 4.21. The third-order valence-electron chi connectivity index (χ3n) is 6.03. The molecule has 0 spiro atoms. The van der Waals surface area contributed by atoms with E-state index in [-0.39, 0.29) is 17.7 Å². The van der Waals surface area contributed by atoms with Crippen LogP contribution in [-0.4, -0.2) is 55.8 Å². The Balaban J connectivity index is 1.50. The number of carbonyl (C=O) groups is 1. The molecule has 0 aromatic carbocycles. The first-order chi connectivity index (χ1) is 15.4. The summed E-state index contributed by atoms with van der Waals surface area (Å²) in [5.74, 6) is 1.15. The van der Waals surface area contributed by atoms with Crippen LogP contribution in [0.25, 0.3) is 22.3 Å². The number of piperidine rings is 1. The van der Waals surface area contributed by atoms with E-state index in [9.17, 15) is 4.79 Å². The molecule has 1 saturated heterocycles. The average molecular weight is 433 g/mol. The molecule has 0 amide bonds. The number of anilines is 1. The molecule has 0 atom stereocenters. The van der Waals surface area contributed by atoms with Gasteiger partial charge < -0.3 is 10.2 Å². The van der Waals surface area contributed by atoms with Gasteiger partial charge in [-0.3, -0.25) is 14.8 Å². The van der Waals surface area contributed by atoms with E-state index < -0.39 is 0 Å². The summed E-state index contributed by atoms with van der Waals surface area (Å²) >= 11 is 0. The fourth-order valence-corrected chi connectivity index (χ4v) is 4.21. The Labute approximate surface area is 189 Å². The predicted octanol–water partition coefficient (Wildman–Crippen LogP) is 4.14. The van der Waals surface area contributed by atoms with E-state index >= 15 is 0 Å². The maximum atomic E-state index is 12.9. The smallest absolute Gasteiger partial charge is 0.145 e. The van der Waals surface area contributed by atoms with Crippen molar-refractivity contribution in [3.8, 4) is 11.4 Å². The van der Waals surface area contributed by atoms with Crippen molar-refractivity contribution in [2.75, 3.05) is 18.4 Å². The Hall–Kier alpha value is -2.93. The molecule has 4 rings (SSSR count). The molecule has 1 fully saturated rings. The van der Waals surface area contributed by atoms with E-state index in [1.807, 2.05) is 18.2 Å². The van der Waals surface area contributed by atoms with Crippen LogP contribution in [0.3, 0.4) is 0 Å². The van der Waals surface area contributed by atoms with Crippen molar-refractivity contribution in [3.05, 3.63) is 42.5 Å². The Morgan fingerprint density at radius 1 is 1.06 bits per heavy atom. The first kappa shape index (κ1) is 22.3. The van der Waals surface area contributed by atoms with E-state index in [0.29, 0.717) is 18.2 Å². The Morgan fingerprint density at radius 2 is 1.84 bits per heavy atom. The number of ketones is 1. The van der Waals surface area contributed by atoms with Crippen LogP contribution in [0.1, 0.15) is 46.2 Å². The van der Waals surface area contributed by atoms with Crippen molar-refractivity contribution in [2.45, 2.75) is 59.0 Å². The lowest BCUT2D eigenvalue weighted by Gasteiger charge is -2.33. The highest BCUT2D eigenvalue weighted by Crippen LogP contribution is 2.23. The largest absolute Gasteiger partial charge is 0.367 e. The lowest BCUT2D eigenvalue weighted by Crippen LogP contribution is -2.40. The lowest BCUT2D eigenvalue weighted by atomic mass is 9.89. The number of hydrogen-bond acceptors (Lipinski definition) is 7. The minimum atomic E-state index is 0.133. The molecule has 7 heteroatoms. The van der Waals surface area contributed by atoms with Gasteiger partial charge in [0.05, 0.1) is 23.6 Å². The third kappa shape index (κ3) is 5.27. The van der Waals surface area contributed by atoms with Crippen molar-refractivity contribution in [3.63, 3.8) is 0 Å². The number of likely N-dealkylation sites (tertiary alicyclic amines) is 1. The lowest BCUT2D eigenvalue weighted by molar-refractivity contribution is -0.123. The monoisotopic (exact) mass is 432 g/mol. The molecule has 168 valence electrons. The Bertz CT molecular complexity index is 1090. The van der Waals surface area contributed by atoms with Crippen LogP contribution >= 0.6 is 0 Å². The van der Waals surface area contributed by atoms with Gasteiger partial charge in [-0.05, 0) is 71.8 Å². The normalized spacial score (nSPS) is 15.6. The van der Waals surface area contributed by atoms with Gasteiger partial charge in [0.15, 0.2) is 0 Å². The van der Waals surface area contributed by atoms with Gasteiger partial charge in [-0.25, -0.2) is 9.97 Å². The van der Waals surface area contributed by atoms with Crippen molar-refractivity contribution in [1.82, 2.24) is 24.8 Å². The minimum Gasteiger partial charge on any atom is -0.367 e. The predicted molar refractivity (Wildman–Crippen MR) is 127 cm³/mol. The van der Waals surface area contributed by atoms with Crippen molar-refractivity contribution in [2.24, 2.45) is 5.92 Å². The van der Waals surface area contributed by atoms with E-state index in [1.54, 1.807) is 18.6 Å². The molecule has 1 aliphatic heterocycles. The van der Waals surface area contributed by atoms with Crippen LogP contribution in [0.5, 0.6) is 0 Å². The topological polar surface area (TPSA) is 83.9 Å². The second kappa shape index (κ2) is 9.69. The van der Waals surface area contributed by atoms with Gasteiger partial charge in [0, 0.05) is 41.7 Å². The maximum Gasteiger partial charge on any atom is 0.145 e. The molecule has 0 unspecified atom stereocenters. The molecule has 1 aliphatic rings. The van der Waals surface area contributed by atoms with Gasteiger partial charge in [-0.15, -0.1) is 0 Å². The summed E-state index contributed by atoms with van der Waals surface area (Å²) in [6, 6.07) is 6.67. The van der Waals surface area contributed by atoms with Crippen LogP contribution in [0.4, 0.5) is 5.82 Å². The van der Waals surface area contributed by atoms with Crippen LogP contribution in [0.15, 0.2) is 36.8 Å². The number of nitrogens with zero attached hydrogens (tertiary/aromatic N) is 5. The number of rotatable bonds is 7. The minimum absolute atomic E-state index is 0.133. The van der Waals surface area contributed by atoms with Crippen LogP contribution in [-0.2, 0) is 11.2 Å². The average Bonchev–Trinajstić information content (AvgIpc) is 2.78. The molecular formula is C25H32N6O. The second-order valence-electron chi connectivity index (χ2n) is 9.20. The molecule has 0 aliphatic carbocycles.